The molecule has 25 nitrogen and oxygen atoms in total. The summed E-state index contributed by atoms with van der Waals surface area (Å²) in [5.41, 5.74) is -5.34. The number of nitrogens with one attached hydrogen (secondary N) is 2. The second-order valence-corrected chi connectivity index (χ2v) is 37.2. The predicted molar refractivity (Wildman–Crippen MR) is 394 cm³/mol. The molecular formula is C78H142N4O21. The number of carbonyl (C=O) groups excluding carboxylic acids is 10. The molecule has 2 amide bonds. The van der Waals surface area contributed by atoms with Crippen molar-refractivity contribution in [3.8, 4) is 0 Å². The van der Waals surface area contributed by atoms with Crippen LogP contribution < -0.4 is 16.4 Å². The molecule has 0 aliphatic carbocycles. The minimum atomic E-state index is -1.49. The van der Waals surface area contributed by atoms with Crippen LogP contribution >= 0.6 is 0 Å². The predicted octanol–water partition coefficient (Wildman–Crippen LogP) is 12.9. The second-order valence-electron chi connectivity index (χ2n) is 37.2. The normalized spacial score (nSPS) is 14.4. The van der Waals surface area contributed by atoms with Gasteiger partial charge in [0.05, 0.1) is 5.60 Å². The topological polar surface area (TPSA) is 348 Å². The first-order chi connectivity index (χ1) is 46.1. The molecule has 0 aliphatic rings. The zero-order valence-corrected chi connectivity index (χ0v) is 69.0. The summed E-state index contributed by atoms with van der Waals surface area (Å²) in [6, 6.07) is 0. The highest BCUT2D eigenvalue weighted by Gasteiger charge is 2.43. The molecular weight excluding hydrogens is 1330 g/mol. The van der Waals surface area contributed by atoms with Crippen molar-refractivity contribution in [3.63, 3.8) is 0 Å². The third-order valence-corrected chi connectivity index (χ3v) is 16.1. The maximum atomic E-state index is 15.3. The number of aliphatic hydroxyl groups excluding tert-OH is 2. The van der Waals surface area contributed by atoms with Gasteiger partial charge in [0.2, 0.25) is 11.8 Å². The molecule has 0 aromatic carbocycles. The van der Waals surface area contributed by atoms with E-state index in [-0.39, 0.29) is 161 Å². The molecule has 0 bridgehead atoms. The fourth-order valence-electron chi connectivity index (χ4n) is 11.7. The van der Waals surface area contributed by atoms with Crippen LogP contribution in [-0.4, -0.2) is 168 Å². The standard InChI is InChI=1S/C78H142N4O21/c1-66(2,3)95-57(86)32-41-75(42-33-58(87)96-67(4,5)6,43-34-59(88)97-68(7,8)9)53-80-54(83)29-44-76(79,45-30-55(84)81-77(47-35-60(89)98-69(10,11)12,48-36-61(90)99-70(13,14)15)49-37-62(91)100-71(16,17)18)46-31-56(85)82(28)78(50-38-63(92)101-72(19,20)21,51-39-64(93)102-73(22,23)24)52-40-65(94)103-74(25,26)27/h55,57,81,84,86H,29-53,79H2,1-28H3,(H,80,83). The van der Waals surface area contributed by atoms with Gasteiger partial charge in [-0.1, -0.05) is 0 Å². The van der Waals surface area contributed by atoms with Crippen LogP contribution in [0.25, 0.3) is 0 Å². The highest BCUT2D eigenvalue weighted by molar-refractivity contribution is 5.79. The molecule has 6 N–H and O–H groups in total. The quantitative estimate of drug-likeness (QED) is 0.0215. The van der Waals surface area contributed by atoms with Gasteiger partial charge in [-0.3, -0.25) is 53.3 Å². The smallest absolute Gasteiger partial charge is 0.306 e. The molecule has 0 rings (SSSR count). The zero-order chi connectivity index (χ0) is 80.5. The first kappa shape index (κ1) is 97.5. The first-order valence-corrected chi connectivity index (χ1v) is 37.0. The highest BCUT2D eigenvalue weighted by atomic mass is 16.6. The van der Waals surface area contributed by atoms with Crippen LogP contribution in [-0.2, 0) is 90.6 Å². The Morgan fingerprint density at radius 3 is 0.893 bits per heavy atom. The van der Waals surface area contributed by atoms with Crippen molar-refractivity contribution in [2.45, 2.75) is 421 Å². The Morgan fingerprint density at radius 1 is 0.340 bits per heavy atom. The summed E-state index contributed by atoms with van der Waals surface area (Å²) in [5, 5.41) is 30.0. The van der Waals surface area contributed by atoms with E-state index < -0.39 is 145 Å². The number of carbonyl (C=O) groups is 10. The van der Waals surface area contributed by atoms with Gasteiger partial charge in [-0.05, 0) is 282 Å². The number of amides is 2. The summed E-state index contributed by atoms with van der Waals surface area (Å²) in [7, 11) is 1.53. The molecule has 0 aromatic rings. The van der Waals surface area contributed by atoms with Crippen LogP contribution in [0.4, 0.5) is 0 Å². The van der Waals surface area contributed by atoms with Crippen molar-refractivity contribution in [1.29, 1.82) is 0 Å². The van der Waals surface area contributed by atoms with Crippen LogP contribution in [0.5, 0.6) is 0 Å². The van der Waals surface area contributed by atoms with E-state index in [9.17, 15) is 53.4 Å². The second kappa shape index (κ2) is 40.5. The largest absolute Gasteiger partial charge is 0.460 e. The minimum absolute atomic E-state index is 0.0313. The van der Waals surface area contributed by atoms with E-state index in [1.54, 1.807) is 187 Å². The highest BCUT2D eigenvalue weighted by Crippen LogP contribution is 2.39. The molecule has 0 aliphatic heterocycles. The summed E-state index contributed by atoms with van der Waals surface area (Å²) >= 11 is 0. The molecule has 0 radical (unpaired) electrons. The van der Waals surface area contributed by atoms with Crippen molar-refractivity contribution in [3.05, 3.63) is 0 Å². The van der Waals surface area contributed by atoms with Crippen LogP contribution in [0.3, 0.4) is 0 Å². The van der Waals surface area contributed by atoms with Crippen LogP contribution in [0.2, 0.25) is 0 Å². The van der Waals surface area contributed by atoms with Crippen LogP contribution in [0, 0.1) is 5.41 Å². The van der Waals surface area contributed by atoms with Crippen molar-refractivity contribution in [1.82, 2.24) is 15.5 Å². The Hall–Kier alpha value is -5.50. The van der Waals surface area contributed by atoms with E-state index in [2.05, 4.69) is 10.6 Å². The average molecular weight is 1470 g/mol. The lowest BCUT2D eigenvalue weighted by atomic mass is 9.74. The van der Waals surface area contributed by atoms with Gasteiger partial charge in [0.1, 0.15) is 51.0 Å². The summed E-state index contributed by atoms with van der Waals surface area (Å²) in [4.78, 5) is 140. The van der Waals surface area contributed by atoms with E-state index in [1.807, 2.05) is 0 Å². The minimum Gasteiger partial charge on any atom is -0.460 e. The Morgan fingerprint density at radius 2 is 0.612 bits per heavy atom. The summed E-state index contributed by atoms with van der Waals surface area (Å²) < 4.78 is 51.6. The Kier molecular flexibility index (Phi) is 38.3. The molecule has 0 heterocycles. The number of nitrogens with two attached hydrogens (primary N) is 1. The van der Waals surface area contributed by atoms with Gasteiger partial charge in [0.25, 0.3) is 0 Å². The molecule has 3 unspecified atom stereocenters. The number of esters is 8. The summed E-state index contributed by atoms with van der Waals surface area (Å²) in [6.07, 6.45) is -5.17. The molecule has 600 valence electrons. The average Bonchev–Trinajstić information content (AvgIpc) is 0.815. The van der Waals surface area contributed by atoms with Gasteiger partial charge in [-0.25, -0.2) is 0 Å². The molecule has 0 saturated carbocycles. The molecule has 103 heavy (non-hydrogen) atoms. The lowest BCUT2D eigenvalue weighted by Crippen LogP contribution is -2.53. The van der Waals surface area contributed by atoms with Gasteiger partial charge in [0.15, 0.2) is 6.29 Å². The number of hydrogen-bond acceptors (Lipinski definition) is 23. The zero-order valence-electron chi connectivity index (χ0n) is 69.0. The third-order valence-electron chi connectivity index (χ3n) is 16.1. The molecule has 0 saturated heterocycles. The van der Waals surface area contributed by atoms with E-state index >= 15 is 4.79 Å². The number of aliphatic hydroxyl groups is 2. The fraction of sp³-hybridized carbons (Fsp3) is 0.872. The SMILES string of the molecule is CN(C(=O)CCC(N)(CCC(=O)NCC(CCC(=O)OC(C)(C)C)(CCC(=O)OC(C)(C)C)CCC(O)OC(C)(C)C)CCC(O)NC(CCC(=O)OC(C)(C)C)(CCC(=O)OC(C)(C)C)CCC(=O)OC(C)(C)C)C(CCC(=O)OC(C)(C)C)(CCC(=O)OC(C)(C)C)CCC(=O)OC(C)(C)C. The number of rotatable bonds is 42. The lowest BCUT2D eigenvalue weighted by molar-refractivity contribution is -0.172. The molecule has 0 aromatic heterocycles. The molecule has 3 atom stereocenters. The van der Waals surface area contributed by atoms with E-state index in [0.717, 1.165) is 0 Å². The van der Waals surface area contributed by atoms with Crippen LogP contribution in [0.15, 0.2) is 0 Å². The van der Waals surface area contributed by atoms with E-state index in [4.69, 9.17) is 48.4 Å². The summed E-state index contributed by atoms with van der Waals surface area (Å²) in [6.45, 7) is 46.6. The van der Waals surface area contributed by atoms with Gasteiger partial charge in [0, 0.05) is 94.4 Å². The molecule has 25 heteroatoms. The monoisotopic (exact) mass is 1470 g/mol. The number of ether oxygens (including phenoxy) is 9. The number of hydrogen-bond donors (Lipinski definition) is 5. The Balaban J connectivity index is 8.42. The van der Waals surface area contributed by atoms with Crippen molar-refractivity contribution in [2.24, 2.45) is 11.1 Å². The van der Waals surface area contributed by atoms with E-state index in [0.29, 0.717) is 0 Å². The van der Waals surface area contributed by atoms with Gasteiger partial charge in [-0.15, -0.1) is 0 Å². The fourth-order valence-corrected chi connectivity index (χ4v) is 11.7. The van der Waals surface area contributed by atoms with Crippen LogP contribution in [0.1, 0.15) is 341 Å². The molecule has 0 spiro atoms. The van der Waals surface area contributed by atoms with E-state index in [1.165, 1.54) is 11.9 Å². The summed E-state index contributed by atoms with van der Waals surface area (Å²) in [5.74, 6) is -5.55. The van der Waals surface area contributed by atoms with Gasteiger partial charge in [-0.2, -0.15) is 0 Å². The lowest BCUT2D eigenvalue weighted by Gasteiger charge is -2.43. The van der Waals surface area contributed by atoms with Crippen molar-refractivity contribution < 1.29 is 101 Å². The molecule has 0 fully saturated rings. The Labute approximate surface area is 618 Å². The van der Waals surface area contributed by atoms with Crippen molar-refractivity contribution >= 4 is 59.6 Å². The number of nitrogens with zero attached hydrogens (tertiary/aromatic N) is 1. The Bertz CT molecular complexity index is 2530. The van der Waals surface area contributed by atoms with Gasteiger partial charge < -0.3 is 68.8 Å². The maximum Gasteiger partial charge on any atom is 0.306 e. The van der Waals surface area contributed by atoms with Crippen molar-refractivity contribution in [2.75, 3.05) is 13.6 Å². The maximum absolute atomic E-state index is 15.3. The first-order valence-electron chi connectivity index (χ1n) is 37.0. The van der Waals surface area contributed by atoms with Gasteiger partial charge >= 0.3 is 47.8 Å². The third kappa shape index (κ3) is 49.1.